The van der Waals surface area contributed by atoms with Gasteiger partial charge in [-0.15, -0.1) is 0 Å². The summed E-state index contributed by atoms with van der Waals surface area (Å²) >= 11 is 0. The number of ether oxygens (including phenoxy) is 3. The Hall–Kier alpha value is -2.52. The zero-order chi connectivity index (χ0) is 18.8. The van der Waals surface area contributed by atoms with E-state index in [2.05, 4.69) is 10.2 Å². The molecule has 1 aliphatic heterocycles. The zero-order valence-corrected chi connectivity index (χ0v) is 14.6. The number of hydrogen-bond donors (Lipinski definition) is 3. The Morgan fingerprint density at radius 1 is 1.00 bits per heavy atom. The molecule has 1 fully saturated rings. The number of hydrogen-bond acceptors (Lipinski definition) is 7. The molecule has 0 aromatic heterocycles. The normalized spacial score (nSPS) is 14.0. The first-order chi connectivity index (χ1) is 11.9. The van der Waals surface area contributed by atoms with Crippen LogP contribution < -0.4 is 19.5 Å². The van der Waals surface area contributed by atoms with Crippen molar-refractivity contribution in [3.63, 3.8) is 0 Å². The Kier molecular flexibility index (Phi) is 8.51. The highest BCUT2D eigenvalue weighted by atomic mass is 16.5. The molecular formula is C16H24N2O7. The molecule has 0 unspecified atom stereocenters. The Morgan fingerprint density at radius 2 is 1.48 bits per heavy atom. The number of benzene rings is 1. The predicted molar refractivity (Wildman–Crippen MR) is 89.5 cm³/mol. The number of piperazine rings is 1. The molecule has 1 aromatic carbocycles. The fraction of sp³-hybridized carbons (Fsp3) is 0.500. The standard InChI is InChI=1S/C14H22N2O3.C2H2O4/c1-17-12-8-11(9-13(18-2)14(12)19-3)10-16-6-4-15-5-7-16;3-1(4)2(5)6/h8-9,15H,4-7,10H2,1-3H3;(H,3,4)(H,5,6). The minimum absolute atomic E-state index is 0.647. The molecule has 25 heavy (non-hydrogen) atoms. The van der Waals surface area contributed by atoms with Crippen molar-refractivity contribution in [3.8, 4) is 17.2 Å². The first-order valence-corrected chi connectivity index (χ1v) is 7.61. The molecule has 0 saturated carbocycles. The Bertz CT molecular complexity index is 549. The minimum Gasteiger partial charge on any atom is -0.493 e. The van der Waals surface area contributed by atoms with Crippen LogP contribution in [0.25, 0.3) is 0 Å². The molecule has 3 N–H and O–H groups in total. The van der Waals surface area contributed by atoms with Gasteiger partial charge in [-0.3, -0.25) is 4.90 Å². The molecule has 1 heterocycles. The summed E-state index contributed by atoms with van der Waals surface area (Å²) in [4.78, 5) is 20.6. The monoisotopic (exact) mass is 356 g/mol. The summed E-state index contributed by atoms with van der Waals surface area (Å²) in [6, 6.07) is 4.03. The van der Waals surface area contributed by atoms with Crippen LogP contribution in [-0.2, 0) is 16.1 Å². The lowest BCUT2D eigenvalue weighted by molar-refractivity contribution is -0.159. The van der Waals surface area contributed by atoms with E-state index >= 15 is 0 Å². The van der Waals surface area contributed by atoms with Crippen molar-refractivity contribution < 1.29 is 34.0 Å². The van der Waals surface area contributed by atoms with Crippen LogP contribution in [0.5, 0.6) is 17.2 Å². The number of nitrogens with one attached hydrogen (secondary N) is 1. The van der Waals surface area contributed by atoms with E-state index in [1.54, 1.807) is 21.3 Å². The van der Waals surface area contributed by atoms with Gasteiger partial charge in [0.05, 0.1) is 21.3 Å². The van der Waals surface area contributed by atoms with Gasteiger partial charge in [0, 0.05) is 32.7 Å². The quantitative estimate of drug-likeness (QED) is 0.639. The van der Waals surface area contributed by atoms with Crippen LogP contribution in [0.2, 0.25) is 0 Å². The minimum atomic E-state index is -1.82. The molecule has 1 saturated heterocycles. The number of carbonyl (C=O) groups is 2. The third-order valence-electron chi connectivity index (χ3n) is 3.52. The fourth-order valence-electron chi connectivity index (χ4n) is 2.35. The molecule has 0 radical (unpaired) electrons. The van der Waals surface area contributed by atoms with E-state index in [9.17, 15) is 0 Å². The maximum atomic E-state index is 9.10. The molecule has 2 rings (SSSR count). The van der Waals surface area contributed by atoms with Crippen molar-refractivity contribution in [1.29, 1.82) is 0 Å². The molecule has 0 bridgehead atoms. The third kappa shape index (κ3) is 6.48. The van der Waals surface area contributed by atoms with Crippen molar-refractivity contribution in [2.24, 2.45) is 0 Å². The van der Waals surface area contributed by atoms with E-state index in [0.717, 1.165) is 32.7 Å². The summed E-state index contributed by atoms with van der Waals surface area (Å²) in [5, 5.41) is 18.1. The number of aliphatic carboxylic acids is 2. The van der Waals surface area contributed by atoms with Crippen LogP contribution in [0.15, 0.2) is 12.1 Å². The highest BCUT2D eigenvalue weighted by molar-refractivity contribution is 6.27. The van der Waals surface area contributed by atoms with Gasteiger partial charge in [-0.25, -0.2) is 9.59 Å². The van der Waals surface area contributed by atoms with Gasteiger partial charge in [-0.05, 0) is 17.7 Å². The van der Waals surface area contributed by atoms with Crippen molar-refractivity contribution in [3.05, 3.63) is 17.7 Å². The molecule has 0 aliphatic carbocycles. The fourth-order valence-corrected chi connectivity index (χ4v) is 2.35. The third-order valence-corrected chi connectivity index (χ3v) is 3.52. The summed E-state index contributed by atoms with van der Waals surface area (Å²) in [5.74, 6) is -1.57. The molecule has 140 valence electrons. The lowest BCUT2D eigenvalue weighted by Gasteiger charge is -2.27. The largest absolute Gasteiger partial charge is 0.493 e. The van der Waals surface area contributed by atoms with Gasteiger partial charge in [0.25, 0.3) is 0 Å². The summed E-state index contributed by atoms with van der Waals surface area (Å²) in [5.41, 5.74) is 1.18. The zero-order valence-electron chi connectivity index (χ0n) is 14.6. The number of carboxylic acids is 2. The second-order valence-electron chi connectivity index (χ2n) is 5.17. The first kappa shape index (κ1) is 20.5. The van der Waals surface area contributed by atoms with Crippen molar-refractivity contribution >= 4 is 11.9 Å². The summed E-state index contributed by atoms with van der Waals surface area (Å²) in [6.45, 7) is 5.13. The molecule has 0 spiro atoms. The van der Waals surface area contributed by atoms with Crippen LogP contribution in [0.4, 0.5) is 0 Å². The van der Waals surface area contributed by atoms with Gasteiger partial charge >= 0.3 is 11.9 Å². The summed E-state index contributed by atoms with van der Waals surface area (Å²) in [6.07, 6.45) is 0. The maximum Gasteiger partial charge on any atom is 0.414 e. The van der Waals surface area contributed by atoms with Crippen molar-refractivity contribution in [1.82, 2.24) is 10.2 Å². The van der Waals surface area contributed by atoms with Crippen molar-refractivity contribution in [2.45, 2.75) is 6.54 Å². The summed E-state index contributed by atoms with van der Waals surface area (Å²) < 4.78 is 16.1. The average molecular weight is 356 g/mol. The molecule has 1 aliphatic rings. The van der Waals surface area contributed by atoms with E-state index in [-0.39, 0.29) is 0 Å². The van der Waals surface area contributed by atoms with Crippen molar-refractivity contribution in [2.75, 3.05) is 47.5 Å². The lowest BCUT2D eigenvalue weighted by atomic mass is 10.1. The van der Waals surface area contributed by atoms with Crippen LogP contribution in [0.3, 0.4) is 0 Å². The van der Waals surface area contributed by atoms with Gasteiger partial charge < -0.3 is 29.7 Å². The van der Waals surface area contributed by atoms with E-state index in [1.165, 1.54) is 5.56 Å². The number of rotatable bonds is 5. The van der Waals surface area contributed by atoms with Gasteiger partial charge in [0.15, 0.2) is 11.5 Å². The van der Waals surface area contributed by atoms with Crippen LogP contribution in [0, 0.1) is 0 Å². The Morgan fingerprint density at radius 3 is 1.84 bits per heavy atom. The van der Waals surface area contributed by atoms with Gasteiger partial charge in [-0.1, -0.05) is 0 Å². The van der Waals surface area contributed by atoms with E-state index in [4.69, 9.17) is 34.0 Å². The lowest BCUT2D eigenvalue weighted by Crippen LogP contribution is -2.42. The van der Waals surface area contributed by atoms with Gasteiger partial charge in [0.1, 0.15) is 0 Å². The topological polar surface area (TPSA) is 118 Å². The smallest absolute Gasteiger partial charge is 0.414 e. The second-order valence-corrected chi connectivity index (χ2v) is 5.17. The summed E-state index contributed by atoms with van der Waals surface area (Å²) in [7, 11) is 4.91. The molecule has 9 nitrogen and oxygen atoms in total. The molecule has 1 aromatic rings. The predicted octanol–water partition coefficient (Wildman–Crippen LogP) is 0.273. The van der Waals surface area contributed by atoms with Crippen LogP contribution >= 0.6 is 0 Å². The van der Waals surface area contributed by atoms with Gasteiger partial charge in [0.2, 0.25) is 5.75 Å². The average Bonchev–Trinajstić information content (AvgIpc) is 2.62. The second kappa shape index (κ2) is 10.4. The molecule has 0 amide bonds. The highest BCUT2D eigenvalue weighted by Gasteiger charge is 2.16. The van der Waals surface area contributed by atoms with E-state index in [0.29, 0.717) is 17.2 Å². The van der Waals surface area contributed by atoms with Crippen LogP contribution in [-0.4, -0.2) is 74.6 Å². The Labute approximate surface area is 146 Å². The number of nitrogens with zero attached hydrogens (tertiary/aromatic N) is 1. The molecule has 9 heteroatoms. The maximum absolute atomic E-state index is 9.10. The highest BCUT2D eigenvalue weighted by Crippen LogP contribution is 2.38. The van der Waals surface area contributed by atoms with E-state index in [1.807, 2.05) is 12.1 Å². The number of methoxy groups -OCH3 is 3. The molecule has 0 atom stereocenters. The van der Waals surface area contributed by atoms with E-state index < -0.39 is 11.9 Å². The molecular weight excluding hydrogens is 332 g/mol. The Balaban J connectivity index is 0.000000450. The van der Waals surface area contributed by atoms with Gasteiger partial charge in [-0.2, -0.15) is 0 Å². The number of carboxylic acid groups (broad SMARTS) is 2. The van der Waals surface area contributed by atoms with Crippen LogP contribution in [0.1, 0.15) is 5.56 Å². The SMILES string of the molecule is COc1cc(CN2CCNCC2)cc(OC)c1OC.O=C(O)C(=O)O. The first-order valence-electron chi connectivity index (χ1n) is 7.61.